The molecule has 1 heterocycles. The first-order valence-corrected chi connectivity index (χ1v) is 7.38. The zero-order chi connectivity index (χ0) is 16.0. The van der Waals surface area contributed by atoms with Crippen molar-refractivity contribution in [3.8, 4) is 0 Å². The standard InChI is InChI=1S/C11H20BN4O4P/c1-11(2,3)19-10(18)16-5-4-7(6-16)8(13)14-9(17)20-21-15-12/h7,15,21H,4-6H2,1-3H3,(H2,13,14,17)/t7-/m1/s1. The number of rotatable bonds is 3. The summed E-state index contributed by atoms with van der Waals surface area (Å²) in [6.07, 6.45) is -0.559. The number of hydrogen-bond donors (Lipinski definition) is 3. The number of ether oxygens (including phenoxy) is 1. The third kappa shape index (κ3) is 6.31. The highest BCUT2D eigenvalue weighted by molar-refractivity contribution is 7.32. The summed E-state index contributed by atoms with van der Waals surface area (Å²) in [5.74, 6) is -0.216. The predicted octanol–water partition coefficient (Wildman–Crippen LogP) is 1.13. The van der Waals surface area contributed by atoms with E-state index in [1.54, 1.807) is 20.8 Å². The molecule has 1 unspecified atom stereocenters. The molecule has 0 aromatic carbocycles. The average Bonchev–Trinajstić information content (AvgIpc) is 2.84. The van der Waals surface area contributed by atoms with Crippen LogP contribution in [0.15, 0.2) is 0 Å². The van der Waals surface area contributed by atoms with Gasteiger partial charge in [0.05, 0.1) is 0 Å². The Morgan fingerprint density at radius 1 is 1.43 bits per heavy atom. The van der Waals surface area contributed by atoms with E-state index in [0.29, 0.717) is 19.5 Å². The van der Waals surface area contributed by atoms with Crippen molar-refractivity contribution in [1.29, 1.82) is 5.41 Å². The van der Waals surface area contributed by atoms with Crippen LogP contribution in [0, 0.1) is 11.3 Å². The van der Waals surface area contributed by atoms with E-state index < -0.39 is 17.8 Å². The van der Waals surface area contributed by atoms with Crippen molar-refractivity contribution >= 4 is 35.0 Å². The fourth-order valence-corrected chi connectivity index (χ4v) is 2.00. The van der Waals surface area contributed by atoms with Gasteiger partial charge in [0, 0.05) is 19.0 Å². The minimum atomic E-state index is -0.744. The smallest absolute Gasteiger partial charge is 0.416 e. The molecule has 0 aromatic rings. The second-order valence-electron chi connectivity index (χ2n) is 5.59. The van der Waals surface area contributed by atoms with Gasteiger partial charge in [-0.1, -0.05) is 0 Å². The Hall–Kier alpha value is -1.34. The van der Waals surface area contributed by atoms with E-state index in [9.17, 15) is 9.59 Å². The predicted molar refractivity (Wildman–Crippen MR) is 80.5 cm³/mol. The molecule has 1 saturated heterocycles. The summed E-state index contributed by atoms with van der Waals surface area (Å²) in [4.78, 5) is 26.9. The van der Waals surface area contributed by atoms with Gasteiger partial charge >= 0.3 is 12.2 Å². The number of hydrogen-bond acceptors (Lipinski definition) is 6. The molecular weight excluding hydrogens is 294 g/mol. The average molecular weight is 314 g/mol. The van der Waals surface area contributed by atoms with E-state index in [2.05, 4.69) is 14.8 Å². The van der Waals surface area contributed by atoms with Crippen molar-refractivity contribution in [2.45, 2.75) is 32.8 Å². The Balaban J connectivity index is 2.41. The molecule has 21 heavy (non-hydrogen) atoms. The fraction of sp³-hybridized carbons (Fsp3) is 0.727. The Kier molecular flexibility index (Phi) is 6.42. The highest BCUT2D eigenvalue weighted by Gasteiger charge is 2.32. The molecule has 116 valence electrons. The van der Waals surface area contributed by atoms with Crippen molar-refractivity contribution in [3.63, 3.8) is 0 Å². The number of carbonyl (C=O) groups is 2. The van der Waals surface area contributed by atoms with Crippen molar-refractivity contribution in [2.24, 2.45) is 5.92 Å². The Morgan fingerprint density at radius 3 is 2.67 bits per heavy atom. The van der Waals surface area contributed by atoms with E-state index in [0.717, 1.165) is 0 Å². The maximum Gasteiger partial charge on any atom is 0.416 e. The normalized spacial score (nSPS) is 18.8. The SMILES string of the molecule is [B]NPOC(=O)NC(=N)[C@@H]1CCN(C(=O)OC(C)(C)C)C1. The Labute approximate surface area is 127 Å². The fourth-order valence-electron chi connectivity index (χ4n) is 1.80. The molecule has 1 aliphatic rings. The minimum Gasteiger partial charge on any atom is -0.444 e. The molecule has 10 heteroatoms. The van der Waals surface area contributed by atoms with Crippen LogP contribution < -0.4 is 10.3 Å². The number of carbonyl (C=O) groups excluding carboxylic acids is 2. The molecule has 3 N–H and O–H groups in total. The van der Waals surface area contributed by atoms with Gasteiger partial charge in [-0.3, -0.25) is 10.7 Å². The second-order valence-corrected chi connectivity index (χ2v) is 6.28. The van der Waals surface area contributed by atoms with Gasteiger partial charge in [0.15, 0.2) is 7.98 Å². The first-order valence-electron chi connectivity index (χ1n) is 6.47. The molecule has 0 bridgehead atoms. The third-order valence-electron chi connectivity index (χ3n) is 2.69. The van der Waals surface area contributed by atoms with Crippen molar-refractivity contribution in [2.75, 3.05) is 13.1 Å². The molecule has 2 atom stereocenters. The Bertz CT molecular complexity index is 416. The first-order chi connectivity index (χ1) is 9.73. The van der Waals surface area contributed by atoms with Gasteiger partial charge in [0.1, 0.15) is 20.4 Å². The molecule has 0 spiro atoms. The van der Waals surface area contributed by atoms with Gasteiger partial charge in [-0.15, -0.1) is 0 Å². The lowest BCUT2D eigenvalue weighted by molar-refractivity contribution is 0.0292. The molecular formula is C11H20BN4O4P. The van der Waals surface area contributed by atoms with E-state index in [-0.39, 0.29) is 20.7 Å². The maximum absolute atomic E-state index is 11.9. The molecule has 8 nitrogen and oxygen atoms in total. The number of amidine groups is 1. The van der Waals surface area contributed by atoms with E-state index in [4.69, 9.17) is 18.1 Å². The van der Waals surface area contributed by atoms with Crippen molar-refractivity contribution in [1.82, 2.24) is 15.2 Å². The summed E-state index contributed by atoms with van der Waals surface area (Å²) < 4.78 is 9.92. The van der Waals surface area contributed by atoms with Crippen LogP contribution in [-0.2, 0) is 9.26 Å². The molecule has 1 aliphatic heterocycles. The summed E-state index contributed by atoms with van der Waals surface area (Å²) in [5, 5.41) is 10.1. The van der Waals surface area contributed by atoms with Gasteiger partial charge in [0.25, 0.3) is 0 Å². The molecule has 2 radical (unpaired) electrons. The van der Waals surface area contributed by atoms with E-state index in [1.807, 2.05) is 0 Å². The van der Waals surface area contributed by atoms with Crippen LogP contribution in [0.3, 0.4) is 0 Å². The van der Waals surface area contributed by atoms with Crippen LogP contribution in [0.5, 0.6) is 0 Å². The van der Waals surface area contributed by atoms with Crippen LogP contribution in [0.2, 0.25) is 0 Å². The third-order valence-corrected chi connectivity index (χ3v) is 3.09. The number of amides is 2. The van der Waals surface area contributed by atoms with Gasteiger partial charge in [-0.05, 0) is 27.2 Å². The highest BCUT2D eigenvalue weighted by atomic mass is 31.1. The zero-order valence-electron chi connectivity index (χ0n) is 12.4. The monoisotopic (exact) mass is 314 g/mol. The van der Waals surface area contributed by atoms with Crippen LogP contribution in [0.4, 0.5) is 9.59 Å². The number of nitrogens with zero attached hydrogens (tertiary/aromatic N) is 1. The molecule has 0 aliphatic carbocycles. The van der Waals surface area contributed by atoms with E-state index >= 15 is 0 Å². The summed E-state index contributed by atoms with van der Waals surface area (Å²) >= 11 is 0. The Morgan fingerprint density at radius 2 is 2.10 bits per heavy atom. The number of likely N-dealkylation sites (tertiary alicyclic amines) is 1. The van der Waals surface area contributed by atoms with Crippen LogP contribution in [0.25, 0.3) is 0 Å². The first kappa shape index (κ1) is 17.7. The maximum atomic E-state index is 11.9. The molecule has 0 saturated carbocycles. The molecule has 1 rings (SSSR count). The number of nitrogens with one attached hydrogen (secondary N) is 3. The van der Waals surface area contributed by atoms with Gasteiger partial charge in [-0.2, -0.15) is 0 Å². The van der Waals surface area contributed by atoms with Gasteiger partial charge < -0.3 is 19.2 Å². The lowest BCUT2D eigenvalue weighted by Gasteiger charge is -2.24. The van der Waals surface area contributed by atoms with Gasteiger partial charge in [-0.25, -0.2) is 9.59 Å². The van der Waals surface area contributed by atoms with Crippen LogP contribution in [-0.4, -0.2) is 49.6 Å². The topological polar surface area (TPSA) is 104 Å². The summed E-state index contributed by atoms with van der Waals surface area (Å²) in [7, 11) is 4.60. The highest BCUT2D eigenvalue weighted by Crippen LogP contribution is 2.20. The van der Waals surface area contributed by atoms with Crippen LogP contribution >= 0.6 is 8.96 Å². The van der Waals surface area contributed by atoms with Gasteiger partial charge in [0.2, 0.25) is 0 Å². The lowest BCUT2D eigenvalue weighted by Crippen LogP contribution is -2.38. The lowest BCUT2D eigenvalue weighted by atomic mass is 10.1. The molecule has 1 fully saturated rings. The van der Waals surface area contributed by atoms with Crippen molar-refractivity contribution < 1.29 is 18.8 Å². The molecule has 2 amide bonds. The molecule has 0 aromatic heterocycles. The minimum absolute atomic E-state index is 0.0212. The quantitative estimate of drug-likeness (QED) is 0.313. The van der Waals surface area contributed by atoms with Crippen LogP contribution in [0.1, 0.15) is 27.2 Å². The summed E-state index contributed by atoms with van der Waals surface area (Å²) in [5.41, 5.74) is -0.555. The zero-order valence-corrected chi connectivity index (χ0v) is 13.4. The second kappa shape index (κ2) is 7.61. The van der Waals surface area contributed by atoms with Crippen molar-refractivity contribution in [3.05, 3.63) is 0 Å². The summed E-state index contributed by atoms with van der Waals surface area (Å²) in [6, 6.07) is 0. The largest absolute Gasteiger partial charge is 0.444 e. The van der Waals surface area contributed by atoms with E-state index in [1.165, 1.54) is 4.90 Å². The summed E-state index contributed by atoms with van der Waals surface area (Å²) in [6.45, 7) is 6.22.